The van der Waals surface area contributed by atoms with Crippen LogP contribution in [0.5, 0.6) is 0 Å². The van der Waals surface area contributed by atoms with Crippen LogP contribution in [0.15, 0.2) is 16.5 Å². The summed E-state index contributed by atoms with van der Waals surface area (Å²) in [5.41, 5.74) is -0.170. The first kappa shape index (κ1) is 15.6. The van der Waals surface area contributed by atoms with Crippen LogP contribution in [0, 0.1) is 0 Å². The molecule has 2 aliphatic heterocycles. The summed E-state index contributed by atoms with van der Waals surface area (Å²) in [6.45, 7) is 7.25. The molecule has 5 heteroatoms. The van der Waals surface area contributed by atoms with Crippen molar-refractivity contribution < 1.29 is 13.9 Å². The van der Waals surface area contributed by atoms with Gasteiger partial charge in [0.2, 0.25) is 5.91 Å². The number of rotatable bonds is 3. The average molecular weight is 306 g/mol. The first-order chi connectivity index (χ1) is 10.5. The maximum absolute atomic E-state index is 11.7. The standard InChI is InChI=1S/C17H26N2O3/c1-4-14-5-6-15(22-14)11-19-9-7-17(8-10-19)13(2)18(3)16(20)12-21-17/h5-6,13H,4,7-12H2,1-3H3. The second-order valence-electron chi connectivity index (χ2n) is 6.53. The average Bonchev–Trinajstić information content (AvgIpc) is 2.99. The third kappa shape index (κ3) is 2.79. The molecule has 0 radical (unpaired) electrons. The molecule has 0 bridgehead atoms. The lowest BCUT2D eigenvalue weighted by atomic mass is 9.83. The Balaban J connectivity index is 1.59. The van der Waals surface area contributed by atoms with Crippen LogP contribution < -0.4 is 0 Å². The Morgan fingerprint density at radius 3 is 2.59 bits per heavy atom. The topological polar surface area (TPSA) is 45.9 Å². The number of hydrogen-bond acceptors (Lipinski definition) is 4. The fraction of sp³-hybridized carbons (Fsp3) is 0.706. The minimum atomic E-state index is -0.170. The fourth-order valence-electron chi connectivity index (χ4n) is 3.57. The smallest absolute Gasteiger partial charge is 0.248 e. The minimum absolute atomic E-state index is 0.0863. The second kappa shape index (κ2) is 6.05. The number of ether oxygens (including phenoxy) is 1. The molecule has 2 saturated heterocycles. The Kier molecular flexibility index (Phi) is 4.28. The summed E-state index contributed by atoms with van der Waals surface area (Å²) in [7, 11) is 1.89. The quantitative estimate of drug-likeness (QED) is 0.857. The third-order valence-electron chi connectivity index (χ3n) is 5.37. The first-order valence-corrected chi connectivity index (χ1v) is 8.23. The highest BCUT2D eigenvalue weighted by atomic mass is 16.5. The second-order valence-corrected chi connectivity index (χ2v) is 6.53. The van der Waals surface area contributed by atoms with E-state index in [2.05, 4.69) is 30.9 Å². The summed E-state index contributed by atoms with van der Waals surface area (Å²) in [5.74, 6) is 2.17. The molecule has 1 atom stereocenters. The molecule has 1 aromatic heterocycles. The van der Waals surface area contributed by atoms with E-state index in [1.165, 1.54) is 0 Å². The molecule has 3 heterocycles. The zero-order valence-corrected chi connectivity index (χ0v) is 13.8. The number of nitrogens with zero attached hydrogens (tertiary/aromatic N) is 2. The summed E-state index contributed by atoms with van der Waals surface area (Å²) in [6, 6.07) is 4.29. The zero-order chi connectivity index (χ0) is 15.7. The van der Waals surface area contributed by atoms with Crippen molar-refractivity contribution in [3.05, 3.63) is 23.7 Å². The van der Waals surface area contributed by atoms with Gasteiger partial charge >= 0.3 is 0 Å². The Morgan fingerprint density at radius 1 is 1.27 bits per heavy atom. The number of furan rings is 1. The monoisotopic (exact) mass is 306 g/mol. The molecule has 0 aromatic carbocycles. The number of carbonyl (C=O) groups excluding carboxylic acids is 1. The van der Waals surface area contributed by atoms with Gasteiger partial charge in [-0.1, -0.05) is 6.92 Å². The van der Waals surface area contributed by atoms with E-state index in [4.69, 9.17) is 9.15 Å². The van der Waals surface area contributed by atoms with Gasteiger partial charge in [0.15, 0.2) is 0 Å². The number of aryl methyl sites for hydroxylation is 1. The van der Waals surface area contributed by atoms with E-state index in [0.717, 1.165) is 50.4 Å². The molecule has 1 amide bonds. The van der Waals surface area contributed by atoms with E-state index < -0.39 is 0 Å². The molecular weight excluding hydrogens is 280 g/mol. The molecule has 1 unspecified atom stereocenters. The molecular formula is C17H26N2O3. The summed E-state index contributed by atoms with van der Waals surface area (Å²) < 4.78 is 11.8. The van der Waals surface area contributed by atoms with Crippen molar-refractivity contribution in [3.8, 4) is 0 Å². The highest BCUT2D eigenvalue weighted by molar-refractivity contribution is 5.78. The van der Waals surface area contributed by atoms with Gasteiger partial charge in [0.05, 0.1) is 18.2 Å². The van der Waals surface area contributed by atoms with Crippen LogP contribution >= 0.6 is 0 Å². The van der Waals surface area contributed by atoms with E-state index >= 15 is 0 Å². The molecule has 2 fully saturated rings. The van der Waals surface area contributed by atoms with Gasteiger partial charge in [0, 0.05) is 26.6 Å². The number of hydrogen-bond donors (Lipinski definition) is 0. The van der Waals surface area contributed by atoms with Gasteiger partial charge in [-0.25, -0.2) is 0 Å². The SMILES string of the molecule is CCc1ccc(CN2CCC3(CC2)OCC(=O)N(C)C3C)o1. The van der Waals surface area contributed by atoms with E-state index in [1.54, 1.807) is 0 Å². The Morgan fingerprint density at radius 2 is 1.95 bits per heavy atom. The summed E-state index contributed by atoms with van der Waals surface area (Å²) in [5, 5.41) is 0. The van der Waals surface area contributed by atoms with E-state index in [9.17, 15) is 4.79 Å². The van der Waals surface area contributed by atoms with E-state index in [0.29, 0.717) is 0 Å². The normalized spacial score (nSPS) is 25.9. The lowest BCUT2D eigenvalue weighted by Crippen LogP contribution is -2.62. The Bertz CT molecular complexity index is 532. The largest absolute Gasteiger partial charge is 0.465 e. The van der Waals surface area contributed by atoms with Crippen molar-refractivity contribution in [2.24, 2.45) is 0 Å². The van der Waals surface area contributed by atoms with Crippen LogP contribution in [0.25, 0.3) is 0 Å². The summed E-state index contributed by atoms with van der Waals surface area (Å²) in [6.07, 6.45) is 2.87. The van der Waals surface area contributed by atoms with Crippen molar-refractivity contribution in [1.82, 2.24) is 9.80 Å². The van der Waals surface area contributed by atoms with E-state index in [1.807, 2.05) is 11.9 Å². The van der Waals surface area contributed by atoms with Gasteiger partial charge in [0.1, 0.15) is 18.1 Å². The zero-order valence-electron chi connectivity index (χ0n) is 13.8. The van der Waals surface area contributed by atoms with Crippen molar-refractivity contribution >= 4 is 5.91 Å². The maximum Gasteiger partial charge on any atom is 0.248 e. The molecule has 0 N–H and O–H groups in total. The Labute approximate surface area is 132 Å². The van der Waals surface area contributed by atoms with Gasteiger partial charge < -0.3 is 14.1 Å². The molecule has 122 valence electrons. The highest BCUT2D eigenvalue weighted by Gasteiger charge is 2.46. The van der Waals surface area contributed by atoms with Crippen LogP contribution in [-0.4, -0.2) is 54.1 Å². The first-order valence-electron chi connectivity index (χ1n) is 8.23. The number of likely N-dealkylation sites (N-methyl/N-ethyl adjacent to an activating group) is 1. The van der Waals surface area contributed by atoms with Crippen LogP contribution in [0.4, 0.5) is 0 Å². The predicted octanol–water partition coefficient (Wildman–Crippen LogP) is 2.05. The van der Waals surface area contributed by atoms with Crippen molar-refractivity contribution in [1.29, 1.82) is 0 Å². The van der Waals surface area contributed by atoms with Gasteiger partial charge in [-0.2, -0.15) is 0 Å². The van der Waals surface area contributed by atoms with Crippen LogP contribution in [0.3, 0.4) is 0 Å². The molecule has 3 rings (SSSR count). The number of likely N-dealkylation sites (tertiary alicyclic amines) is 1. The molecule has 0 saturated carbocycles. The molecule has 1 spiro atoms. The van der Waals surface area contributed by atoms with Gasteiger partial charge in [0.25, 0.3) is 0 Å². The van der Waals surface area contributed by atoms with Gasteiger partial charge in [-0.3, -0.25) is 9.69 Å². The van der Waals surface area contributed by atoms with E-state index in [-0.39, 0.29) is 24.2 Å². The summed E-state index contributed by atoms with van der Waals surface area (Å²) >= 11 is 0. The lowest BCUT2D eigenvalue weighted by molar-refractivity contribution is -0.183. The van der Waals surface area contributed by atoms with Gasteiger partial charge in [-0.15, -0.1) is 0 Å². The highest BCUT2D eigenvalue weighted by Crippen LogP contribution is 2.35. The maximum atomic E-state index is 11.7. The predicted molar refractivity (Wildman–Crippen MR) is 83.5 cm³/mol. The number of morpholine rings is 1. The van der Waals surface area contributed by atoms with Gasteiger partial charge in [-0.05, 0) is 31.9 Å². The minimum Gasteiger partial charge on any atom is -0.465 e. The van der Waals surface area contributed by atoms with Crippen LogP contribution in [0.1, 0.15) is 38.2 Å². The van der Waals surface area contributed by atoms with Crippen LogP contribution in [-0.2, 0) is 22.5 Å². The molecule has 22 heavy (non-hydrogen) atoms. The lowest BCUT2D eigenvalue weighted by Gasteiger charge is -2.50. The number of piperidine rings is 1. The van der Waals surface area contributed by atoms with Crippen LogP contribution in [0.2, 0.25) is 0 Å². The fourth-order valence-corrected chi connectivity index (χ4v) is 3.57. The van der Waals surface area contributed by atoms with Crippen molar-refractivity contribution in [2.75, 3.05) is 26.7 Å². The number of carbonyl (C=O) groups is 1. The molecule has 0 aliphatic carbocycles. The van der Waals surface area contributed by atoms with Crippen molar-refractivity contribution in [3.63, 3.8) is 0 Å². The number of amides is 1. The summed E-state index contributed by atoms with van der Waals surface area (Å²) in [4.78, 5) is 16.0. The molecule has 1 aromatic rings. The van der Waals surface area contributed by atoms with Crippen molar-refractivity contribution in [2.45, 2.75) is 51.3 Å². The third-order valence-corrected chi connectivity index (χ3v) is 5.37. The molecule has 2 aliphatic rings. The Hall–Kier alpha value is -1.33. The molecule has 5 nitrogen and oxygen atoms in total.